The SMILES string of the molecule is Cc1cc(Nc2nc(NCCS(=O)(=O)[O-])nc(NCCS(=O)(=O)[O-])n2)c(C)cc1Nc1n[c-]n[c-]n1.O=S([O-])CNCO.O=S([O-])CNCO.[Na+].[Na+].[Na+].[Na+]. The summed E-state index contributed by atoms with van der Waals surface area (Å²) in [7, 11) is -8.94. The van der Waals surface area contributed by atoms with Crippen LogP contribution in [0.15, 0.2) is 12.1 Å². The maximum Gasteiger partial charge on any atom is 1.00 e. The van der Waals surface area contributed by atoms with Crippen molar-refractivity contribution in [3.05, 3.63) is 35.9 Å². The van der Waals surface area contributed by atoms with Crippen LogP contribution in [0.5, 0.6) is 0 Å². The van der Waals surface area contributed by atoms with E-state index in [1.165, 1.54) is 0 Å². The van der Waals surface area contributed by atoms with Gasteiger partial charge in [-0.2, -0.15) is 27.6 Å². The van der Waals surface area contributed by atoms with Gasteiger partial charge in [-0.15, -0.1) is 0 Å². The van der Waals surface area contributed by atoms with Crippen molar-refractivity contribution < 1.29 is 172 Å². The van der Waals surface area contributed by atoms with Crippen LogP contribution in [0, 0.1) is 26.5 Å². The molecule has 0 spiro atoms. The first-order chi connectivity index (χ1) is 23.4. The van der Waals surface area contributed by atoms with Gasteiger partial charge < -0.3 is 64.6 Å². The van der Waals surface area contributed by atoms with E-state index in [0.717, 1.165) is 11.1 Å². The molecule has 1 aromatic carbocycles. The summed E-state index contributed by atoms with van der Waals surface area (Å²) in [5.74, 6) is -1.67. The molecule has 3 aromatic rings. The van der Waals surface area contributed by atoms with Crippen LogP contribution in [0.4, 0.5) is 35.2 Å². The number of nitrogens with one attached hydrogen (secondary N) is 6. The molecule has 0 aliphatic rings. The molecule has 0 radical (unpaired) electrons. The third kappa shape index (κ3) is 31.3. The Bertz CT molecular complexity index is 1690. The Morgan fingerprint density at radius 3 is 1.33 bits per heavy atom. The molecule has 282 valence electrons. The van der Waals surface area contributed by atoms with Crippen molar-refractivity contribution in [2.75, 3.05) is 71.1 Å². The number of rotatable bonds is 18. The zero-order chi connectivity index (χ0) is 37.7. The van der Waals surface area contributed by atoms with Gasteiger partial charge in [0.25, 0.3) is 0 Å². The van der Waals surface area contributed by atoms with Gasteiger partial charge in [0.05, 0.1) is 57.0 Å². The molecule has 2 unspecified atom stereocenters. The molecule has 3 rings (SSSR count). The molecule has 2 atom stereocenters. The van der Waals surface area contributed by atoms with Crippen LogP contribution in [0.3, 0.4) is 0 Å². The molecule has 0 bridgehead atoms. The minimum Gasteiger partial charge on any atom is -0.771 e. The van der Waals surface area contributed by atoms with Gasteiger partial charge in [0.2, 0.25) is 17.8 Å². The number of aliphatic hydroxyl groups is 2. The van der Waals surface area contributed by atoms with Crippen molar-refractivity contribution in [2.24, 2.45) is 0 Å². The van der Waals surface area contributed by atoms with Crippen molar-refractivity contribution in [3.63, 3.8) is 0 Å². The summed E-state index contributed by atoms with van der Waals surface area (Å²) >= 11 is -4.17. The fraction of sp³-hybridized carbons (Fsp3) is 0.455. The summed E-state index contributed by atoms with van der Waals surface area (Å²) < 4.78 is 104. The first-order valence-corrected chi connectivity index (χ1v) is 19.1. The Hall–Kier alpha value is 0.320. The van der Waals surface area contributed by atoms with E-state index in [9.17, 15) is 43.5 Å². The molecule has 24 nitrogen and oxygen atoms in total. The van der Waals surface area contributed by atoms with Crippen LogP contribution < -0.4 is 150 Å². The Labute approximate surface area is 405 Å². The van der Waals surface area contributed by atoms with Gasteiger partial charge in [-0.3, -0.25) is 19.1 Å². The van der Waals surface area contributed by atoms with Gasteiger partial charge in [0, 0.05) is 24.5 Å². The van der Waals surface area contributed by atoms with Crippen molar-refractivity contribution in [1.82, 2.24) is 40.5 Å². The number of anilines is 6. The Kier molecular flexibility index (Phi) is 37.5. The average molecular weight is 877 g/mol. The fourth-order valence-corrected chi connectivity index (χ4v) is 4.22. The van der Waals surface area contributed by atoms with Crippen molar-refractivity contribution in [1.29, 1.82) is 0 Å². The number of aliphatic hydroxyl groups excluding tert-OH is 2. The molecule has 54 heavy (non-hydrogen) atoms. The topological polar surface area (TPSA) is 385 Å². The average Bonchev–Trinajstić information content (AvgIpc) is 3.01. The van der Waals surface area contributed by atoms with Gasteiger partial charge in [-0.05, 0) is 65.2 Å². The molecule has 32 heteroatoms. The molecule has 2 aromatic heterocycles. The number of hydrogen-bond acceptors (Lipinski definition) is 24. The Morgan fingerprint density at radius 2 is 1.02 bits per heavy atom. The zero-order valence-corrected chi connectivity index (χ0v) is 41.4. The van der Waals surface area contributed by atoms with Crippen LogP contribution in [0.1, 0.15) is 11.1 Å². The van der Waals surface area contributed by atoms with E-state index in [2.05, 4.69) is 74.5 Å². The third-order valence-corrected chi connectivity index (χ3v) is 7.33. The first-order valence-electron chi connectivity index (χ1n) is 13.4. The van der Waals surface area contributed by atoms with Crippen LogP contribution in [-0.4, -0.2) is 133 Å². The number of aryl methyl sites for hydroxylation is 2. The van der Waals surface area contributed by atoms with Crippen molar-refractivity contribution in [3.8, 4) is 0 Å². The maximum absolute atomic E-state index is 10.9. The maximum atomic E-state index is 10.9. The number of nitrogens with zero attached hydrogens (tertiary/aromatic N) is 6. The summed E-state index contributed by atoms with van der Waals surface area (Å²) in [6.45, 7) is 2.52. The molecule has 0 saturated heterocycles. The Morgan fingerprint density at radius 1 is 0.667 bits per heavy atom. The van der Waals surface area contributed by atoms with Crippen LogP contribution in [0.2, 0.25) is 0 Å². The molecule has 0 aliphatic heterocycles. The summed E-state index contributed by atoms with van der Waals surface area (Å²) in [5, 5.41) is 31.5. The Balaban J connectivity index is -0.000000592. The van der Waals surface area contributed by atoms with Crippen LogP contribution in [0.25, 0.3) is 0 Å². The number of benzene rings is 1. The van der Waals surface area contributed by atoms with Crippen molar-refractivity contribution >= 4 is 77.6 Å². The predicted molar refractivity (Wildman–Crippen MR) is 174 cm³/mol. The van der Waals surface area contributed by atoms with E-state index in [1.54, 1.807) is 6.07 Å². The zero-order valence-electron chi connectivity index (χ0n) is 30.1. The van der Waals surface area contributed by atoms with Gasteiger partial charge in [-0.1, -0.05) is 0 Å². The summed E-state index contributed by atoms with van der Waals surface area (Å²) in [6.07, 6.45) is 4.77. The van der Waals surface area contributed by atoms with Crippen molar-refractivity contribution in [2.45, 2.75) is 13.8 Å². The molecule has 8 N–H and O–H groups in total. The van der Waals surface area contributed by atoms with E-state index in [4.69, 9.17) is 10.2 Å². The fourth-order valence-electron chi connectivity index (χ4n) is 3.00. The summed E-state index contributed by atoms with van der Waals surface area (Å²) in [6, 6.07) is 3.61. The number of aromatic nitrogens is 6. The minimum atomic E-state index is -4.47. The van der Waals surface area contributed by atoms with Gasteiger partial charge in [0.1, 0.15) is 0 Å². The van der Waals surface area contributed by atoms with E-state index in [-0.39, 0.29) is 180 Å². The summed E-state index contributed by atoms with van der Waals surface area (Å²) in [5.41, 5.74) is 2.89. The smallest absolute Gasteiger partial charge is 0.771 e. The van der Waals surface area contributed by atoms with Gasteiger partial charge in [0.15, 0.2) is 0 Å². The molecule has 2 heterocycles. The normalized spacial score (nSPS) is 11.4. The second-order valence-corrected chi connectivity index (χ2v) is 13.8. The van der Waals surface area contributed by atoms with Gasteiger partial charge >= 0.3 is 118 Å². The summed E-state index contributed by atoms with van der Waals surface area (Å²) in [4.78, 5) is 23.6. The monoisotopic (exact) mass is 876 g/mol. The molecule has 0 aliphatic carbocycles. The van der Waals surface area contributed by atoms with E-state index >= 15 is 0 Å². The van der Waals surface area contributed by atoms with E-state index < -0.39 is 53.9 Å². The standard InChI is InChI=1S/C18H22N10O6S2.2C2H7NO3S.4Na/c1-11-8-14(12(2)7-13(11)24-15-22-9-19-10-23-15)25-18-27-16(20-3-5-35(29,30)31)26-17(28-18)21-4-6-36(32,33)34;2*4-1-3-2-7(5)6;;;;/h7-8H,3-6H2,1-2H3,(H,29,30,31)(H,32,33,34)(H,19,22,23,24)(H3,20,21,25,26,27,28);2*3-4H,1-2H2,(H,5,6);;;;/q-2;;;4*+1/p-4. The first kappa shape index (κ1) is 61.0. The largest absolute Gasteiger partial charge is 1.00 e. The second kappa shape index (κ2) is 33.2. The van der Waals surface area contributed by atoms with Crippen LogP contribution >= 0.6 is 0 Å². The third-order valence-electron chi connectivity index (χ3n) is 5.05. The molecule has 0 amide bonds. The molecular weight excluding hydrogens is 845 g/mol. The minimum absolute atomic E-state index is 0. The molecule has 0 fully saturated rings. The van der Waals surface area contributed by atoms with E-state index in [1.807, 2.05) is 19.9 Å². The quantitative estimate of drug-likeness (QED) is 0.0193. The molecular formula is C22H32N12Na4O12S4-2. The predicted octanol–water partition coefficient (Wildman–Crippen LogP) is -15.6. The van der Waals surface area contributed by atoms with Crippen LogP contribution in [-0.2, 0) is 42.4 Å². The van der Waals surface area contributed by atoms with Gasteiger partial charge in [-0.25, -0.2) is 16.8 Å². The van der Waals surface area contributed by atoms with E-state index in [0.29, 0.717) is 11.4 Å². The number of hydrogen-bond donors (Lipinski definition) is 8. The second-order valence-electron chi connectivity index (χ2n) is 8.99. The molecule has 0 saturated carbocycles.